The van der Waals surface area contributed by atoms with Gasteiger partial charge in [0.05, 0.1) is 11.5 Å². The molecule has 2 rings (SSSR count). The standard InChI is InChI=1S/C17H26N2O4S/c1-24(21,22)16-9-7-15(8-10-16)23-12-4-6-17(20)19-11-3-2-5-14(19)13-18/h7-10,14H,2-6,11-13,18H2,1H3. The molecule has 1 unspecified atom stereocenters. The minimum atomic E-state index is -3.19. The lowest BCUT2D eigenvalue weighted by molar-refractivity contribution is -0.134. The van der Waals surface area contributed by atoms with Crippen molar-refractivity contribution in [1.82, 2.24) is 4.90 Å². The van der Waals surface area contributed by atoms with Crippen LogP contribution in [0.3, 0.4) is 0 Å². The molecule has 1 heterocycles. The van der Waals surface area contributed by atoms with E-state index in [2.05, 4.69) is 0 Å². The Morgan fingerprint density at radius 1 is 1.29 bits per heavy atom. The Morgan fingerprint density at radius 3 is 2.62 bits per heavy atom. The maximum atomic E-state index is 12.3. The maximum Gasteiger partial charge on any atom is 0.222 e. The molecule has 1 aliphatic heterocycles. The lowest BCUT2D eigenvalue weighted by Crippen LogP contribution is -2.47. The molecule has 0 saturated carbocycles. The maximum absolute atomic E-state index is 12.3. The SMILES string of the molecule is CS(=O)(=O)c1ccc(OCCCC(=O)N2CCCCC2CN)cc1. The summed E-state index contributed by atoms with van der Waals surface area (Å²) < 4.78 is 28.4. The van der Waals surface area contributed by atoms with Crippen LogP contribution in [0.15, 0.2) is 29.2 Å². The van der Waals surface area contributed by atoms with Crippen LogP contribution in [0, 0.1) is 0 Å². The van der Waals surface area contributed by atoms with Gasteiger partial charge < -0.3 is 15.4 Å². The van der Waals surface area contributed by atoms with E-state index in [-0.39, 0.29) is 16.8 Å². The van der Waals surface area contributed by atoms with Crippen LogP contribution in [0.25, 0.3) is 0 Å². The molecule has 1 aromatic carbocycles. The van der Waals surface area contributed by atoms with E-state index in [0.29, 0.717) is 31.7 Å². The number of nitrogens with zero attached hydrogens (tertiary/aromatic N) is 1. The number of carbonyl (C=O) groups is 1. The van der Waals surface area contributed by atoms with Gasteiger partial charge in [-0.05, 0) is 49.9 Å². The molecular formula is C17H26N2O4S. The van der Waals surface area contributed by atoms with Gasteiger partial charge >= 0.3 is 0 Å². The Kier molecular flexibility index (Phi) is 6.62. The Bertz CT molecular complexity index is 643. The number of hydrogen-bond donors (Lipinski definition) is 1. The van der Waals surface area contributed by atoms with Gasteiger partial charge in [0, 0.05) is 31.8 Å². The summed E-state index contributed by atoms with van der Waals surface area (Å²) in [5.74, 6) is 0.744. The second-order valence-electron chi connectivity index (χ2n) is 6.17. The van der Waals surface area contributed by atoms with Gasteiger partial charge in [-0.2, -0.15) is 0 Å². The number of piperidine rings is 1. The molecule has 0 bridgehead atoms. The topological polar surface area (TPSA) is 89.7 Å². The first-order valence-electron chi connectivity index (χ1n) is 8.34. The van der Waals surface area contributed by atoms with Gasteiger partial charge in [0.15, 0.2) is 9.84 Å². The van der Waals surface area contributed by atoms with Crippen molar-refractivity contribution < 1.29 is 17.9 Å². The second kappa shape index (κ2) is 8.48. The van der Waals surface area contributed by atoms with Gasteiger partial charge in [0.25, 0.3) is 0 Å². The summed E-state index contributed by atoms with van der Waals surface area (Å²) in [6.45, 7) is 1.74. The zero-order valence-corrected chi connectivity index (χ0v) is 14.9. The van der Waals surface area contributed by atoms with E-state index >= 15 is 0 Å². The van der Waals surface area contributed by atoms with Crippen molar-refractivity contribution in [3.8, 4) is 5.75 Å². The molecule has 1 aromatic rings. The van der Waals surface area contributed by atoms with Crippen molar-refractivity contribution >= 4 is 15.7 Å². The molecule has 0 aromatic heterocycles. The van der Waals surface area contributed by atoms with Crippen LogP contribution in [-0.4, -0.2) is 51.2 Å². The van der Waals surface area contributed by atoms with Crippen molar-refractivity contribution in [3.05, 3.63) is 24.3 Å². The van der Waals surface area contributed by atoms with Crippen molar-refractivity contribution in [2.24, 2.45) is 5.73 Å². The van der Waals surface area contributed by atoms with Crippen LogP contribution in [0.5, 0.6) is 5.75 Å². The Labute approximate surface area is 143 Å². The summed E-state index contributed by atoms with van der Waals surface area (Å²) in [4.78, 5) is 14.5. The minimum Gasteiger partial charge on any atom is -0.494 e. The largest absolute Gasteiger partial charge is 0.494 e. The third-order valence-corrected chi connectivity index (χ3v) is 5.40. The highest BCUT2D eigenvalue weighted by Gasteiger charge is 2.24. The fourth-order valence-electron chi connectivity index (χ4n) is 2.91. The lowest BCUT2D eigenvalue weighted by Gasteiger charge is -2.35. The molecule has 1 aliphatic rings. The molecule has 1 saturated heterocycles. The predicted molar refractivity (Wildman–Crippen MR) is 92.7 cm³/mol. The van der Waals surface area contributed by atoms with Crippen molar-refractivity contribution in [2.45, 2.75) is 43.0 Å². The quantitative estimate of drug-likeness (QED) is 0.751. The molecule has 0 spiro atoms. The summed E-state index contributed by atoms with van der Waals surface area (Å²) >= 11 is 0. The zero-order valence-electron chi connectivity index (χ0n) is 14.1. The van der Waals surface area contributed by atoms with Crippen LogP contribution in [0.1, 0.15) is 32.1 Å². The predicted octanol–water partition coefficient (Wildman–Crippen LogP) is 1.59. The van der Waals surface area contributed by atoms with Crippen LogP contribution in [0.2, 0.25) is 0 Å². The first-order chi connectivity index (χ1) is 11.4. The molecule has 0 aliphatic carbocycles. The molecule has 0 radical (unpaired) electrons. The highest BCUT2D eigenvalue weighted by atomic mass is 32.2. The number of hydrogen-bond acceptors (Lipinski definition) is 5. The van der Waals surface area contributed by atoms with E-state index < -0.39 is 9.84 Å². The molecule has 134 valence electrons. The number of amides is 1. The number of likely N-dealkylation sites (tertiary alicyclic amines) is 1. The lowest BCUT2D eigenvalue weighted by atomic mass is 10.0. The van der Waals surface area contributed by atoms with Gasteiger partial charge in [-0.1, -0.05) is 0 Å². The summed E-state index contributed by atoms with van der Waals surface area (Å²) in [5, 5.41) is 0. The molecule has 6 nitrogen and oxygen atoms in total. The average molecular weight is 354 g/mol. The Balaban J connectivity index is 1.75. The summed E-state index contributed by atoms with van der Waals surface area (Å²) in [6.07, 6.45) is 5.41. The van der Waals surface area contributed by atoms with Crippen molar-refractivity contribution in [2.75, 3.05) is 26.0 Å². The van der Waals surface area contributed by atoms with Crippen LogP contribution in [-0.2, 0) is 14.6 Å². The summed E-state index contributed by atoms with van der Waals surface area (Å²) in [5.41, 5.74) is 5.74. The number of rotatable bonds is 7. The van der Waals surface area contributed by atoms with Gasteiger partial charge in [-0.25, -0.2) is 8.42 Å². The highest BCUT2D eigenvalue weighted by Crippen LogP contribution is 2.18. The smallest absolute Gasteiger partial charge is 0.222 e. The highest BCUT2D eigenvalue weighted by molar-refractivity contribution is 7.90. The number of ether oxygens (including phenoxy) is 1. The van der Waals surface area contributed by atoms with E-state index in [4.69, 9.17) is 10.5 Å². The van der Waals surface area contributed by atoms with Gasteiger partial charge in [-0.15, -0.1) is 0 Å². The molecule has 2 N–H and O–H groups in total. The van der Waals surface area contributed by atoms with Crippen LogP contribution < -0.4 is 10.5 Å². The monoisotopic (exact) mass is 354 g/mol. The first kappa shape index (κ1) is 18.7. The van der Waals surface area contributed by atoms with E-state index in [1.807, 2.05) is 4.90 Å². The van der Waals surface area contributed by atoms with E-state index in [1.54, 1.807) is 12.1 Å². The molecule has 7 heteroatoms. The van der Waals surface area contributed by atoms with E-state index in [1.165, 1.54) is 18.4 Å². The fourth-order valence-corrected chi connectivity index (χ4v) is 3.54. The summed E-state index contributed by atoms with van der Waals surface area (Å²) in [7, 11) is -3.19. The molecular weight excluding hydrogens is 328 g/mol. The Hall–Kier alpha value is -1.60. The van der Waals surface area contributed by atoms with Crippen molar-refractivity contribution in [1.29, 1.82) is 0 Å². The van der Waals surface area contributed by atoms with E-state index in [0.717, 1.165) is 25.8 Å². The van der Waals surface area contributed by atoms with Gasteiger partial charge in [-0.3, -0.25) is 4.79 Å². The average Bonchev–Trinajstić information content (AvgIpc) is 2.58. The molecule has 24 heavy (non-hydrogen) atoms. The molecule has 1 atom stereocenters. The fraction of sp³-hybridized carbons (Fsp3) is 0.588. The van der Waals surface area contributed by atoms with Crippen LogP contribution in [0.4, 0.5) is 0 Å². The minimum absolute atomic E-state index is 0.140. The zero-order chi connectivity index (χ0) is 17.6. The van der Waals surface area contributed by atoms with Crippen molar-refractivity contribution in [3.63, 3.8) is 0 Å². The van der Waals surface area contributed by atoms with Crippen LogP contribution >= 0.6 is 0 Å². The third kappa shape index (κ3) is 5.21. The van der Waals surface area contributed by atoms with Gasteiger partial charge in [0.1, 0.15) is 5.75 Å². The number of carbonyl (C=O) groups excluding carboxylic acids is 1. The normalized spacial score (nSPS) is 18.4. The molecule has 1 fully saturated rings. The number of sulfone groups is 1. The summed E-state index contributed by atoms with van der Waals surface area (Å²) in [6, 6.07) is 6.49. The van der Waals surface area contributed by atoms with E-state index in [9.17, 15) is 13.2 Å². The first-order valence-corrected chi connectivity index (χ1v) is 10.2. The third-order valence-electron chi connectivity index (χ3n) is 4.28. The van der Waals surface area contributed by atoms with Gasteiger partial charge in [0.2, 0.25) is 5.91 Å². The molecule has 1 amide bonds. The number of benzene rings is 1. The Morgan fingerprint density at radius 2 is 2.00 bits per heavy atom. The number of nitrogens with two attached hydrogens (primary N) is 1. The second-order valence-corrected chi connectivity index (χ2v) is 8.18.